The SMILES string of the molecule is COC(=O)c1cccc(CSCC(=O)Nc2cccc(OC)c2)c1. The molecule has 5 nitrogen and oxygen atoms in total. The molecule has 1 amide bonds. The summed E-state index contributed by atoms with van der Waals surface area (Å²) in [4.78, 5) is 23.5. The quantitative estimate of drug-likeness (QED) is 0.780. The van der Waals surface area contributed by atoms with Crippen LogP contribution in [-0.4, -0.2) is 31.8 Å². The highest BCUT2D eigenvalue weighted by Gasteiger charge is 2.07. The number of amides is 1. The van der Waals surface area contributed by atoms with Gasteiger partial charge in [0.15, 0.2) is 0 Å². The fourth-order valence-electron chi connectivity index (χ4n) is 2.07. The monoisotopic (exact) mass is 345 g/mol. The highest BCUT2D eigenvalue weighted by atomic mass is 32.2. The summed E-state index contributed by atoms with van der Waals surface area (Å²) in [6.07, 6.45) is 0. The topological polar surface area (TPSA) is 64.6 Å². The van der Waals surface area contributed by atoms with Crippen LogP contribution in [0.4, 0.5) is 5.69 Å². The molecule has 0 bridgehead atoms. The number of anilines is 1. The molecule has 1 N–H and O–H groups in total. The Labute approximate surface area is 145 Å². The third-order valence-electron chi connectivity index (χ3n) is 3.20. The van der Waals surface area contributed by atoms with Crippen LogP contribution >= 0.6 is 11.8 Å². The Bertz CT molecular complexity index is 718. The Morgan fingerprint density at radius 1 is 1.08 bits per heavy atom. The summed E-state index contributed by atoms with van der Waals surface area (Å²) in [5.41, 5.74) is 2.18. The van der Waals surface area contributed by atoms with Crippen molar-refractivity contribution in [2.45, 2.75) is 5.75 Å². The van der Waals surface area contributed by atoms with Crippen LogP contribution in [-0.2, 0) is 15.3 Å². The van der Waals surface area contributed by atoms with Crippen molar-refractivity contribution in [3.05, 3.63) is 59.7 Å². The van der Waals surface area contributed by atoms with Crippen LogP contribution in [0.25, 0.3) is 0 Å². The van der Waals surface area contributed by atoms with E-state index in [0.717, 1.165) is 5.56 Å². The Hall–Kier alpha value is -2.47. The van der Waals surface area contributed by atoms with Crippen molar-refractivity contribution in [1.29, 1.82) is 0 Å². The highest BCUT2D eigenvalue weighted by molar-refractivity contribution is 7.99. The number of benzene rings is 2. The second-order valence-corrected chi connectivity index (χ2v) is 5.95. The van der Waals surface area contributed by atoms with E-state index < -0.39 is 0 Å². The Balaban J connectivity index is 1.83. The molecule has 0 saturated heterocycles. The van der Waals surface area contributed by atoms with Crippen LogP contribution in [0.15, 0.2) is 48.5 Å². The summed E-state index contributed by atoms with van der Waals surface area (Å²) in [5.74, 6) is 1.20. The zero-order valence-corrected chi connectivity index (χ0v) is 14.4. The second-order valence-electron chi connectivity index (χ2n) is 4.96. The van der Waals surface area contributed by atoms with Crippen molar-refractivity contribution in [1.82, 2.24) is 0 Å². The van der Waals surface area contributed by atoms with E-state index in [2.05, 4.69) is 5.32 Å². The normalized spacial score (nSPS) is 10.1. The van der Waals surface area contributed by atoms with Gasteiger partial charge in [-0.2, -0.15) is 0 Å². The van der Waals surface area contributed by atoms with Crippen molar-refractivity contribution in [2.24, 2.45) is 0 Å². The molecule has 6 heteroatoms. The van der Waals surface area contributed by atoms with Crippen LogP contribution in [0.2, 0.25) is 0 Å². The molecule has 0 aliphatic rings. The predicted molar refractivity (Wildman–Crippen MR) is 95.6 cm³/mol. The van der Waals surface area contributed by atoms with Gasteiger partial charge in [-0.1, -0.05) is 18.2 Å². The molecule has 0 unspecified atom stereocenters. The van der Waals surface area contributed by atoms with Crippen LogP contribution < -0.4 is 10.1 Å². The molecule has 0 aromatic heterocycles. The molecular weight excluding hydrogens is 326 g/mol. The number of carbonyl (C=O) groups is 2. The summed E-state index contributed by atoms with van der Waals surface area (Å²) >= 11 is 1.48. The second kappa shape index (κ2) is 8.98. The highest BCUT2D eigenvalue weighted by Crippen LogP contribution is 2.18. The van der Waals surface area contributed by atoms with Crippen molar-refractivity contribution >= 4 is 29.3 Å². The summed E-state index contributed by atoms with van der Waals surface area (Å²) in [5, 5.41) is 2.83. The number of ether oxygens (including phenoxy) is 2. The van der Waals surface area contributed by atoms with Crippen molar-refractivity contribution < 1.29 is 19.1 Å². The maximum atomic E-state index is 12.0. The van der Waals surface area contributed by atoms with Crippen molar-refractivity contribution in [3.8, 4) is 5.75 Å². The van der Waals surface area contributed by atoms with E-state index in [9.17, 15) is 9.59 Å². The van der Waals surface area contributed by atoms with Crippen LogP contribution in [0.3, 0.4) is 0 Å². The molecule has 0 fully saturated rings. The molecule has 2 aromatic rings. The molecule has 0 atom stereocenters. The number of hydrogen-bond donors (Lipinski definition) is 1. The smallest absolute Gasteiger partial charge is 0.337 e. The van der Waals surface area contributed by atoms with Crippen molar-refractivity contribution in [3.63, 3.8) is 0 Å². The zero-order chi connectivity index (χ0) is 17.4. The van der Waals surface area contributed by atoms with E-state index in [0.29, 0.717) is 28.5 Å². The van der Waals surface area contributed by atoms with Crippen LogP contribution in [0, 0.1) is 0 Å². The average Bonchev–Trinajstić information content (AvgIpc) is 2.61. The van der Waals surface area contributed by atoms with Gasteiger partial charge < -0.3 is 14.8 Å². The molecule has 0 spiro atoms. The number of esters is 1. The van der Waals surface area contributed by atoms with Crippen LogP contribution in [0.5, 0.6) is 5.75 Å². The predicted octanol–water partition coefficient (Wildman–Crippen LogP) is 3.35. The first-order valence-corrected chi connectivity index (χ1v) is 8.46. The van der Waals surface area contributed by atoms with Crippen molar-refractivity contribution in [2.75, 3.05) is 25.3 Å². The fourth-order valence-corrected chi connectivity index (χ4v) is 2.84. The molecule has 2 rings (SSSR count). The number of hydrogen-bond acceptors (Lipinski definition) is 5. The third-order valence-corrected chi connectivity index (χ3v) is 4.21. The lowest BCUT2D eigenvalue weighted by Gasteiger charge is -2.07. The van der Waals surface area contributed by atoms with Gasteiger partial charge in [-0.15, -0.1) is 11.8 Å². The minimum atomic E-state index is -0.363. The van der Waals surface area contributed by atoms with Gasteiger partial charge in [0, 0.05) is 17.5 Å². The lowest BCUT2D eigenvalue weighted by atomic mass is 10.1. The molecule has 126 valence electrons. The van der Waals surface area contributed by atoms with Gasteiger partial charge in [-0.3, -0.25) is 4.79 Å². The van der Waals surface area contributed by atoms with Crippen LogP contribution in [0.1, 0.15) is 15.9 Å². The van der Waals surface area contributed by atoms with Gasteiger partial charge in [-0.25, -0.2) is 4.79 Å². The van der Waals surface area contributed by atoms with Gasteiger partial charge in [0.2, 0.25) is 5.91 Å². The fraction of sp³-hybridized carbons (Fsp3) is 0.222. The molecule has 0 radical (unpaired) electrons. The summed E-state index contributed by atoms with van der Waals surface area (Å²) in [6.45, 7) is 0. The van der Waals surface area contributed by atoms with Gasteiger partial charge >= 0.3 is 5.97 Å². The third kappa shape index (κ3) is 5.31. The molecular formula is C18H19NO4S. The van der Waals surface area contributed by atoms with E-state index in [-0.39, 0.29) is 11.9 Å². The standard InChI is InChI=1S/C18H19NO4S/c1-22-16-8-4-7-15(10-16)19-17(20)12-24-11-13-5-3-6-14(9-13)18(21)23-2/h3-10H,11-12H2,1-2H3,(H,19,20). The molecule has 0 heterocycles. The van der Waals surface area contributed by atoms with Gasteiger partial charge in [0.1, 0.15) is 5.75 Å². The first-order valence-electron chi connectivity index (χ1n) is 7.31. The number of nitrogens with one attached hydrogen (secondary N) is 1. The molecule has 0 aliphatic heterocycles. The summed E-state index contributed by atoms with van der Waals surface area (Å²) in [7, 11) is 2.94. The number of methoxy groups -OCH3 is 2. The number of carbonyl (C=O) groups excluding carboxylic acids is 2. The number of rotatable bonds is 7. The van der Waals surface area contributed by atoms with E-state index in [4.69, 9.17) is 9.47 Å². The van der Waals surface area contributed by atoms with Gasteiger partial charge in [-0.05, 0) is 29.8 Å². The maximum absolute atomic E-state index is 12.0. The minimum Gasteiger partial charge on any atom is -0.497 e. The molecule has 24 heavy (non-hydrogen) atoms. The molecule has 0 saturated carbocycles. The zero-order valence-electron chi connectivity index (χ0n) is 13.6. The van der Waals surface area contributed by atoms with E-state index in [1.165, 1.54) is 18.9 Å². The van der Waals surface area contributed by atoms with E-state index in [1.54, 1.807) is 31.4 Å². The van der Waals surface area contributed by atoms with E-state index >= 15 is 0 Å². The lowest BCUT2D eigenvalue weighted by Crippen LogP contribution is -2.14. The first kappa shape index (κ1) is 17.9. The van der Waals surface area contributed by atoms with E-state index in [1.807, 2.05) is 24.3 Å². The largest absolute Gasteiger partial charge is 0.497 e. The maximum Gasteiger partial charge on any atom is 0.337 e. The summed E-state index contributed by atoms with van der Waals surface area (Å²) < 4.78 is 9.82. The Morgan fingerprint density at radius 2 is 1.88 bits per heavy atom. The minimum absolute atomic E-state index is 0.0858. The first-order chi connectivity index (χ1) is 11.6. The number of thioether (sulfide) groups is 1. The molecule has 0 aliphatic carbocycles. The molecule has 2 aromatic carbocycles. The Morgan fingerprint density at radius 3 is 2.62 bits per heavy atom. The summed E-state index contributed by atoms with van der Waals surface area (Å²) in [6, 6.07) is 14.4. The Kier molecular flexibility index (Phi) is 6.69. The average molecular weight is 345 g/mol. The lowest BCUT2D eigenvalue weighted by molar-refractivity contribution is -0.113. The van der Waals surface area contributed by atoms with Gasteiger partial charge in [0.05, 0.1) is 25.5 Å². The van der Waals surface area contributed by atoms with Gasteiger partial charge in [0.25, 0.3) is 0 Å².